The number of nitrogens with two attached hydrogens (primary N) is 1. The van der Waals surface area contributed by atoms with Gasteiger partial charge in [-0.3, -0.25) is 4.79 Å². The minimum absolute atomic E-state index is 0.00578. The van der Waals surface area contributed by atoms with Gasteiger partial charge in [0.15, 0.2) is 0 Å². The number of amides is 1. The average molecular weight is 293 g/mol. The summed E-state index contributed by atoms with van der Waals surface area (Å²) in [6.45, 7) is 0.325. The van der Waals surface area contributed by atoms with Crippen LogP contribution in [0, 0.1) is 0 Å². The molecule has 20 heavy (non-hydrogen) atoms. The van der Waals surface area contributed by atoms with Gasteiger partial charge in [0.05, 0.1) is 10.6 Å². The second kappa shape index (κ2) is 5.71. The van der Waals surface area contributed by atoms with E-state index in [1.807, 2.05) is 0 Å². The molecule has 2 aromatic carbocycles. The highest BCUT2D eigenvalue weighted by atomic mass is 35.5. The number of halogens is 1. The highest BCUT2D eigenvalue weighted by Gasteiger charge is 2.08. The highest BCUT2D eigenvalue weighted by molar-refractivity contribution is 6.33. The summed E-state index contributed by atoms with van der Waals surface area (Å²) in [4.78, 5) is 11.2. The van der Waals surface area contributed by atoms with Crippen LogP contribution in [-0.2, 0) is 6.54 Å². The van der Waals surface area contributed by atoms with Crippen LogP contribution < -0.4 is 11.1 Å². The lowest BCUT2D eigenvalue weighted by atomic mass is 10.1. The number of benzene rings is 2. The van der Waals surface area contributed by atoms with Crippen LogP contribution in [0.15, 0.2) is 36.4 Å². The van der Waals surface area contributed by atoms with Crippen LogP contribution in [0.25, 0.3) is 0 Å². The third-order valence-corrected chi connectivity index (χ3v) is 3.11. The van der Waals surface area contributed by atoms with E-state index in [-0.39, 0.29) is 22.1 Å². The number of phenols is 2. The molecular weight excluding hydrogens is 280 g/mol. The molecule has 104 valence electrons. The molecule has 5 nitrogen and oxygen atoms in total. The standard InChI is InChI=1S/C14H13ClN2O3/c15-12-4-2-9(5-11(12)14(16)20)17-7-8-1-3-10(18)6-13(8)19/h1-6,17-19H,7H2,(H2,16,20). The lowest BCUT2D eigenvalue weighted by Crippen LogP contribution is -2.12. The first-order valence-electron chi connectivity index (χ1n) is 5.81. The van der Waals surface area contributed by atoms with Crippen LogP contribution in [-0.4, -0.2) is 16.1 Å². The van der Waals surface area contributed by atoms with Crippen molar-refractivity contribution in [2.24, 2.45) is 5.73 Å². The Hall–Kier alpha value is -2.40. The van der Waals surface area contributed by atoms with E-state index in [2.05, 4.69) is 5.32 Å². The Balaban J connectivity index is 2.15. The molecule has 0 saturated heterocycles. The van der Waals surface area contributed by atoms with Gasteiger partial charge >= 0.3 is 0 Å². The number of carbonyl (C=O) groups excluding carboxylic acids is 1. The summed E-state index contributed by atoms with van der Waals surface area (Å²) in [5.74, 6) is -0.624. The lowest BCUT2D eigenvalue weighted by molar-refractivity contribution is 0.100. The maximum atomic E-state index is 11.2. The molecule has 0 atom stereocenters. The SMILES string of the molecule is NC(=O)c1cc(NCc2ccc(O)cc2O)ccc1Cl. The van der Waals surface area contributed by atoms with E-state index in [1.54, 1.807) is 24.3 Å². The Morgan fingerprint density at radius 2 is 1.95 bits per heavy atom. The third-order valence-electron chi connectivity index (χ3n) is 2.78. The predicted octanol–water partition coefficient (Wildman–Crippen LogP) is 2.46. The zero-order valence-corrected chi connectivity index (χ0v) is 11.2. The molecule has 0 radical (unpaired) electrons. The zero-order valence-electron chi connectivity index (χ0n) is 10.4. The van der Waals surface area contributed by atoms with Crippen molar-refractivity contribution in [1.29, 1.82) is 0 Å². The molecule has 0 spiro atoms. The lowest BCUT2D eigenvalue weighted by Gasteiger charge is -2.10. The largest absolute Gasteiger partial charge is 0.508 e. The summed E-state index contributed by atoms with van der Waals surface area (Å²) < 4.78 is 0. The van der Waals surface area contributed by atoms with E-state index >= 15 is 0 Å². The van der Waals surface area contributed by atoms with Gasteiger partial charge in [0.25, 0.3) is 0 Å². The quantitative estimate of drug-likeness (QED) is 0.696. The van der Waals surface area contributed by atoms with Crippen LogP contribution in [0.3, 0.4) is 0 Å². The average Bonchev–Trinajstić information content (AvgIpc) is 2.39. The van der Waals surface area contributed by atoms with Gasteiger partial charge in [-0.15, -0.1) is 0 Å². The number of hydrogen-bond acceptors (Lipinski definition) is 4. The second-order valence-corrected chi connectivity index (χ2v) is 4.63. The first kappa shape index (κ1) is 14.0. The maximum Gasteiger partial charge on any atom is 0.250 e. The summed E-state index contributed by atoms with van der Waals surface area (Å²) in [6.07, 6.45) is 0. The Morgan fingerprint density at radius 1 is 1.20 bits per heavy atom. The van der Waals surface area contributed by atoms with Gasteiger partial charge in [-0.2, -0.15) is 0 Å². The minimum atomic E-state index is -0.605. The maximum absolute atomic E-state index is 11.2. The van der Waals surface area contributed by atoms with Gasteiger partial charge in [0.1, 0.15) is 11.5 Å². The first-order chi connectivity index (χ1) is 9.47. The summed E-state index contributed by atoms with van der Waals surface area (Å²) in [7, 11) is 0. The summed E-state index contributed by atoms with van der Waals surface area (Å²) in [5.41, 5.74) is 6.70. The van der Waals surface area contributed by atoms with Crippen molar-refractivity contribution >= 4 is 23.2 Å². The molecule has 0 aliphatic carbocycles. The van der Waals surface area contributed by atoms with Crippen molar-refractivity contribution in [3.05, 3.63) is 52.5 Å². The summed E-state index contributed by atoms with van der Waals surface area (Å²) >= 11 is 5.85. The van der Waals surface area contributed by atoms with E-state index in [1.165, 1.54) is 12.1 Å². The normalized spacial score (nSPS) is 10.2. The predicted molar refractivity (Wildman–Crippen MR) is 77.1 cm³/mol. The fourth-order valence-electron chi connectivity index (χ4n) is 1.72. The fourth-order valence-corrected chi connectivity index (χ4v) is 1.93. The van der Waals surface area contributed by atoms with E-state index in [9.17, 15) is 15.0 Å². The van der Waals surface area contributed by atoms with Crippen LogP contribution in [0.4, 0.5) is 5.69 Å². The topological polar surface area (TPSA) is 95.6 Å². The molecule has 0 aliphatic rings. The smallest absolute Gasteiger partial charge is 0.250 e. The number of nitrogens with one attached hydrogen (secondary N) is 1. The van der Waals surface area contributed by atoms with Crippen molar-refractivity contribution < 1.29 is 15.0 Å². The number of anilines is 1. The molecule has 0 heterocycles. The Labute approximate surface area is 120 Å². The summed E-state index contributed by atoms with van der Waals surface area (Å²) in [5, 5.41) is 22.2. The fraction of sp³-hybridized carbons (Fsp3) is 0.0714. The number of phenolic OH excluding ortho intramolecular Hbond substituents is 2. The van der Waals surface area contributed by atoms with E-state index in [0.717, 1.165) is 0 Å². The van der Waals surface area contributed by atoms with E-state index in [4.69, 9.17) is 17.3 Å². The van der Waals surface area contributed by atoms with Gasteiger partial charge in [0, 0.05) is 23.9 Å². The monoisotopic (exact) mass is 292 g/mol. The van der Waals surface area contributed by atoms with E-state index in [0.29, 0.717) is 17.8 Å². The van der Waals surface area contributed by atoms with Crippen LogP contribution >= 0.6 is 11.6 Å². The Morgan fingerprint density at radius 3 is 2.60 bits per heavy atom. The number of carbonyl (C=O) groups is 1. The Kier molecular flexibility index (Phi) is 4.00. The molecule has 2 aromatic rings. The minimum Gasteiger partial charge on any atom is -0.508 e. The molecule has 1 amide bonds. The van der Waals surface area contributed by atoms with Crippen molar-refractivity contribution in [2.75, 3.05) is 5.32 Å². The number of rotatable bonds is 4. The molecule has 0 saturated carbocycles. The van der Waals surface area contributed by atoms with Crippen LogP contribution in [0.2, 0.25) is 5.02 Å². The second-order valence-electron chi connectivity index (χ2n) is 4.23. The number of aromatic hydroxyl groups is 2. The van der Waals surface area contributed by atoms with Crippen molar-refractivity contribution in [1.82, 2.24) is 0 Å². The molecule has 5 N–H and O–H groups in total. The molecular formula is C14H13ClN2O3. The Bertz CT molecular complexity index is 659. The van der Waals surface area contributed by atoms with Gasteiger partial charge in [-0.05, 0) is 30.3 Å². The van der Waals surface area contributed by atoms with Gasteiger partial charge < -0.3 is 21.3 Å². The zero-order chi connectivity index (χ0) is 14.7. The number of primary amides is 1. The molecule has 0 bridgehead atoms. The highest BCUT2D eigenvalue weighted by Crippen LogP contribution is 2.24. The van der Waals surface area contributed by atoms with Crippen molar-refractivity contribution in [3.63, 3.8) is 0 Å². The third kappa shape index (κ3) is 3.13. The molecule has 2 rings (SSSR count). The van der Waals surface area contributed by atoms with Gasteiger partial charge in [-0.25, -0.2) is 0 Å². The van der Waals surface area contributed by atoms with Crippen molar-refractivity contribution in [2.45, 2.75) is 6.54 Å². The molecule has 0 aliphatic heterocycles. The van der Waals surface area contributed by atoms with Gasteiger partial charge in [0.2, 0.25) is 5.91 Å². The molecule has 0 unspecified atom stereocenters. The molecule has 0 aromatic heterocycles. The molecule has 0 fully saturated rings. The van der Waals surface area contributed by atoms with Crippen LogP contribution in [0.1, 0.15) is 15.9 Å². The summed E-state index contributed by atoms with van der Waals surface area (Å²) in [6, 6.07) is 9.15. The van der Waals surface area contributed by atoms with Gasteiger partial charge in [-0.1, -0.05) is 11.6 Å². The first-order valence-corrected chi connectivity index (χ1v) is 6.19. The molecule has 6 heteroatoms. The van der Waals surface area contributed by atoms with E-state index < -0.39 is 5.91 Å². The van der Waals surface area contributed by atoms with Crippen molar-refractivity contribution in [3.8, 4) is 11.5 Å². The number of hydrogen-bond donors (Lipinski definition) is 4. The van der Waals surface area contributed by atoms with Crippen LogP contribution in [0.5, 0.6) is 11.5 Å².